The van der Waals surface area contributed by atoms with Crippen LogP contribution in [0.2, 0.25) is 5.02 Å². The predicted molar refractivity (Wildman–Crippen MR) is 48.7 cm³/mol. The van der Waals surface area contributed by atoms with Gasteiger partial charge in [0.15, 0.2) is 0 Å². The number of benzene rings is 1. The lowest BCUT2D eigenvalue weighted by Crippen LogP contribution is -1.93. The van der Waals surface area contributed by atoms with Gasteiger partial charge in [0.2, 0.25) is 0 Å². The third-order valence-electron chi connectivity index (χ3n) is 1.55. The van der Waals surface area contributed by atoms with Crippen LogP contribution in [0.5, 0.6) is 5.75 Å². The third kappa shape index (κ3) is 2.13. The summed E-state index contributed by atoms with van der Waals surface area (Å²) >= 11 is 5.77. The van der Waals surface area contributed by atoms with Crippen molar-refractivity contribution in [2.45, 2.75) is 6.61 Å². The molecule has 2 nitrogen and oxygen atoms in total. The van der Waals surface area contributed by atoms with Crippen LogP contribution >= 0.6 is 11.6 Å². The van der Waals surface area contributed by atoms with Gasteiger partial charge in [-0.15, -0.1) is 0 Å². The summed E-state index contributed by atoms with van der Waals surface area (Å²) in [6, 6.07) is 5.49. The van der Waals surface area contributed by atoms with E-state index in [0.29, 0.717) is 11.6 Å². The molecule has 0 spiro atoms. The van der Waals surface area contributed by atoms with Gasteiger partial charge in [0, 0.05) is 17.7 Å². The number of hydrogen-bond donors (Lipinski definition) is 0. The molecule has 66 valence electrons. The van der Waals surface area contributed by atoms with Gasteiger partial charge in [-0.2, -0.15) is 0 Å². The average Bonchev–Trinajstić information content (AvgIpc) is 2.08. The molecule has 1 aromatic rings. The summed E-state index contributed by atoms with van der Waals surface area (Å²) in [6.07, 6.45) is 0. The monoisotopic (exact) mass is 186 g/mol. The maximum Gasteiger partial charge on any atom is 0.125 e. The molecule has 0 bridgehead atoms. The zero-order valence-corrected chi connectivity index (χ0v) is 7.89. The van der Waals surface area contributed by atoms with Crippen LogP contribution in [0, 0.1) is 0 Å². The number of rotatable bonds is 3. The Kier molecular flexibility index (Phi) is 3.38. The summed E-state index contributed by atoms with van der Waals surface area (Å²) in [5, 5.41) is 0.673. The van der Waals surface area contributed by atoms with Crippen LogP contribution in [0.4, 0.5) is 0 Å². The third-order valence-corrected chi connectivity index (χ3v) is 1.78. The summed E-state index contributed by atoms with van der Waals surface area (Å²) in [5.41, 5.74) is 1.00. The van der Waals surface area contributed by atoms with Crippen molar-refractivity contribution < 1.29 is 9.47 Å². The Hall–Kier alpha value is -0.730. The Morgan fingerprint density at radius 3 is 2.67 bits per heavy atom. The van der Waals surface area contributed by atoms with E-state index in [1.807, 2.05) is 12.1 Å². The smallest absolute Gasteiger partial charge is 0.125 e. The first kappa shape index (κ1) is 9.36. The molecule has 0 amide bonds. The van der Waals surface area contributed by atoms with Gasteiger partial charge in [-0.1, -0.05) is 17.7 Å². The molecule has 1 rings (SSSR count). The Labute approximate surface area is 77.1 Å². The summed E-state index contributed by atoms with van der Waals surface area (Å²) in [5.74, 6) is 0.768. The van der Waals surface area contributed by atoms with Gasteiger partial charge in [-0.3, -0.25) is 0 Å². The molecule has 3 heteroatoms. The van der Waals surface area contributed by atoms with Crippen molar-refractivity contribution in [2.24, 2.45) is 0 Å². The molecular weight excluding hydrogens is 176 g/mol. The minimum absolute atomic E-state index is 0.542. The fourth-order valence-corrected chi connectivity index (χ4v) is 1.16. The first-order valence-electron chi connectivity index (χ1n) is 3.59. The number of methoxy groups -OCH3 is 2. The average molecular weight is 187 g/mol. The highest BCUT2D eigenvalue weighted by Crippen LogP contribution is 2.23. The van der Waals surface area contributed by atoms with Gasteiger partial charge in [-0.05, 0) is 12.1 Å². The lowest BCUT2D eigenvalue weighted by atomic mass is 10.2. The second-order valence-corrected chi connectivity index (χ2v) is 2.83. The highest BCUT2D eigenvalue weighted by Gasteiger charge is 2.02. The van der Waals surface area contributed by atoms with E-state index in [-0.39, 0.29) is 0 Å². The van der Waals surface area contributed by atoms with Crippen LogP contribution in [0.1, 0.15) is 5.56 Å². The Bertz CT molecular complexity index is 261. The largest absolute Gasteiger partial charge is 0.496 e. The number of hydrogen-bond acceptors (Lipinski definition) is 2. The summed E-state index contributed by atoms with van der Waals surface area (Å²) < 4.78 is 10.1. The summed E-state index contributed by atoms with van der Waals surface area (Å²) in [6.45, 7) is 0.542. The summed E-state index contributed by atoms with van der Waals surface area (Å²) in [4.78, 5) is 0. The van der Waals surface area contributed by atoms with Crippen molar-refractivity contribution >= 4 is 11.6 Å². The number of halogens is 1. The molecule has 12 heavy (non-hydrogen) atoms. The molecule has 0 atom stereocenters. The second-order valence-electron chi connectivity index (χ2n) is 2.39. The molecule has 0 heterocycles. The predicted octanol–water partition coefficient (Wildman–Crippen LogP) is 2.50. The van der Waals surface area contributed by atoms with E-state index in [2.05, 4.69) is 0 Å². The molecule has 0 fully saturated rings. The highest BCUT2D eigenvalue weighted by atomic mass is 35.5. The molecule has 0 saturated heterocycles. The molecule has 0 N–H and O–H groups in total. The van der Waals surface area contributed by atoms with Crippen molar-refractivity contribution in [2.75, 3.05) is 14.2 Å². The Morgan fingerprint density at radius 2 is 2.08 bits per heavy atom. The molecule has 0 aliphatic carbocycles. The van der Waals surface area contributed by atoms with E-state index in [9.17, 15) is 0 Å². The zero-order chi connectivity index (χ0) is 8.97. The first-order chi connectivity index (χ1) is 5.77. The lowest BCUT2D eigenvalue weighted by Gasteiger charge is -2.07. The molecule has 0 unspecified atom stereocenters. The minimum atomic E-state index is 0.542. The van der Waals surface area contributed by atoms with Crippen LogP contribution in [-0.2, 0) is 11.3 Å². The molecule has 0 radical (unpaired) electrons. The topological polar surface area (TPSA) is 18.5 Å². The van der Waals surface area contributed by atoms with Gasteiger partial charge in [0.1, 0.15) is 5.75 Å². The van der Waals surface area contributed by atoms with E-state index in [1.54, 1.807) is 20.3 Å². The fraction of sp³-hybridized carbons (Fsp3) is 0.333. The highest BCUT2D eigenvalue weighted by molar-refractivity contribution is 6.30. The maximum atomic E-state index is 5.77. The van der Waals surface area contributed by atoms with Crippen LogP contribution in [0.3, 0.4) is 0 Å². The van der Waals surface area contributed by atoms with Gasteiger partial charge < -0.3 is 9.47 Å². The second kappa shape index (κ2) is 4.33. The fourth-order valence-electron chi connectivity index (χ4n) is 0.993. The molecule has 0 aromatic heterocycles. The zero-order valence-electron chi connectivity index (χ0n) is 7.13. The Morgan fingerprint density at radius 1 is 1.33 bits per heavy atom. The van der Waals surface area contributed by atoms with Crippen LogP contribution in [-0.4, -0.2) is 14.2 Å². The van der Waals surface area contributed by atoms with Crippen LogP contribution in [0.25, 0.3) is 0 Å². The minimum Gasteiger partial charge on any atom is -0.496 e. The molecule has 0 aliphatic heterocycles. The van der Waals surface area contributed by atoms with Crippen molar-refractivity contribution in [3.8, 4) is 5.75 Å². The van der Waals surface area contributed by atoms with Gasteiger partial charge in [-0.25, -0.2) is 0 Å². The maximum absolute atomic E-state index is 5.77. The van der Waals surface area contributed by atoms with E-state index < -0.39 is 0 Å². The van der Waals surface area contributed by atoms with Crippen molar-refractivity contribution in [3.05, 3.63) is 28.8 Å². The molecular formula is C9H11ClO2. The van der Waals surface area contributed by atoms with Crippen LogP contribution in [0.15, 0.2) is 18.2 Å². The van der Waals surface area contributed by atoms with E-state index in [4.69, 9.17) is 21.1 Å². The van der Waals surface area contributed by atoms with Crippen molar-refractivity contribution in [3.63, 3.8) is 0 Å². The SMILES string of the molecule is COCc1ccc(Cl)cc1OC. The van der Waals surface area contributed by atoms with E-state index in [0.717, 1.165) is 11.3 Å². The van der Waals surface area contributed by atoms with Crippen molar-refractivity contribution in [1.29, 1.82) is 0 Å². The van der Waals surface area contributed by atoms with Crippen LogP contribution < -0.4 is 4.74 Å². The Balaban J connectivity index is 2.94. The molecule has 0 saturated carbocycles. The first-order valence-corrected chi connectivity index (χ1v) is 3.97. The van der Waals surface area contributed by atoms with E-state index in [1.165, 1.54) is 0 Å². The summed E-state index contributed by atoms with van der Waals surface area (Å²) in [7, 11) is 3.26. The van der Waals surface area contributed by atoms with E-state index >= 15 is 0 Å². The van der Waals surface area contributed by atoms with Gasteiger partial charge >= 0.3 is 0 Å². The van der Waals surface area contributed by atoms with Gasteiger partial charge in [0.05, 0.1) is 13.7 Å². The normalized spacial score (nSPS) is 9.92. The lowest BCUT2D eigenvalue weighted by molar-refractivity contribution is 0.181. The number of ether oxygens (including phenoxy) is 2. The van der Waals surface area contributed by atoms with Gasteiger partial charge in [0.25, 0.3) is 0 Å². The van der Waals surface area contributed by atoms with Crippen molar-refractivity contribution in [1.82, 2.24) is 0 Å². The standard InChI is InChI=1S/C9H11ClO2/c1-11-6-7-3-4-8(10)5-9(7)12-2/h3-5H,6H2,1-2H3. The molecule has 0 aliphatic rings. The molecule has 1 aromatic carbocycles. The quantitative estimate of drug-likeness (QED) is 0.722.